The number of rotatable bonds is 6. The van der Waals surface area contributed by atoms with Crippen molar-refractivity contribution in [2.24, 2.45) is 0 Å². The average molecular weight is 275 g/mol. The lowest BCUT2D eigenvalue weighted by atomic mass is 10.1. The van der Waals surface area contributed by atoms with E-state index in [4.69, 9.17) is 0 Å². The molecule has 1 atom stereocenters. The quantitative estimate of drug-likeness (QED) is 0.757. The Hall–Kier alpha value is -1.91. The van der Waals surface area contributed by atoms with Crippen LogP contribution in [0.5, 0.6) is 5.75 Å². The molecule has 0 aliphatic heterocycles. The highest BCUT2D eigenvalue weighted by Crippen LogP contribution is 2.20. The van der Waals surface area contributed by atoms with Crippen molar-refractivity contribution in [3.05, 3.63) is 65.5 Å². The fourth-order valence-electron chi connectivity index (χ4n) is 2.06. The van der Waals surface area contributed by atoms with Gasteiger partial charge in [0.15, 0.2) is 11.6 Å². The van der Waals surface area contributed by atoms with Gasteiger partial charge in [-0.1, -0.05) is 42.5 Å². The van der Waals surface area contributed by atoms with Gasteiger partial charge in [0.1, 0.15) is 0 Å². The molecule has 0 radical (unpaired) electrons. The van der Waals surface area contributed by atoms with Gasteiger partial charge >= 0.3 is 0 Å². The van der Waals surface area contributed by atoms with E-state index in [1.165, 1.54) is 6.07 Å². The van der Waals surface area contributed by atoms with Crippen LogP contribution in [0.2, 0.25) is 0 Å². The Kier molecular flexibility index (Phi) is 5.09. The van der Waals surface area contributed by atoms with Gasteiger partial charge in [-0.3, -0.25) is 0 Å². The van der Waals surface area contributed by atoms with Crippen LogP contribution in [-0.2, 0) is 13.0 Å². The summed E-state index contributed by atoms with van der Waals surface area (Å²) < 4.78 is 13.2. The van der Waals surface area contributed by atoms with Gasteiger partial charge in [0.05, 0.1) is 6.61 Å². The summed E-state index contributed by atoms with van der Waals surface area (Å²) in [5.74, 6) is -0.968. The van der Waals surface area contributed by atoms with Gasteiger partial charge in [-0.2, -0.15) is 0 Å². The zero-order valence-electron chi connectivity index (χ0n) is 11.1. The third-order valence-corrected chi connectivity index (χ3v) is 3.20. The zero-order valence-corrected chi connectivity index (χ0v) is 11.1. The van der Waals surface area contributed by atoms with Crippen molar-refractivity contribution < 1.29 is 14.6 Å². The fourth-order valence-corrected chi connectivity index (χ4v) is 2.06. The van der Waals surface area contributed by atoms with Crippen molar-refractivity contribution in [3.63, 3.8) is 0 Å². The Bertz CT molecular complexity index is 545. The molecule has 2 rings (SSSR count). The van der Waals surface area contributed by atoms with E-state index in [1.54, 1.807) is 12.1 Å². The average Bonchev–Trinajstić information content (AvgIpc) is 2.48. The number of phenolic OH excluding ortho intramolecular Hbond substituents is 1. The summed E-state index contributed by atoms with van der Waals surface area (Å²) in [4.78, 5) is 0. The second kappa shape index (κ2) is 7.03. The predicted octanol–water partition coefficient (Wildman–Crippen LogP) is 2.22. The standard InChI is InChI=1S/C16H18FNO2/c17-15-8-4-7-13(16(15)20)10-18-14(11-19)9-12-5-2-1-3-6-12/h1-8,14,18-20H,9-11H2/t14-/m1/s1. The van der Waals surface area contributed by atoms with Crippen molar-refractivity contribution in [3.8, 4) is 5.75 Å². The second-order valence-electron chi connectivity index (χ2n) is 4.70. The second-order valence-corrected chi connectivity index (χ2v) is 4.70. The van der Waals surface area contributed by atoms with Crippen LogP contribution in [-0.4, -0.2) is 22.9 Å². The van der Waals surface area contributed by atoms with Crippen LogP contribution in [0.15, 0.2) is 48.5 Å². The SMILES string of the molecule is OC[C@@H](Cc1ccccc1)NCc1cccc(F)c1O. The van der Waals surface area contributed by atoms with Gasteiger partial charge in [0.25, 0.3) is 0 Å². The highest BCUT2D eigenvalue weighted by molar-refractivity contribution is 5.33. The Morgan fingerprint density at radius 1 is 1.05 bits per heavy atom. The number of hydrogen-bond acceptors (Lipinski definition) is 3. The van der Waals surface area contributed by atoms with Gasteiger partial charge in [0.2, 0.25) is 0 Å². The van der Waals surface area contributed by atoms with Crippen LogP contribution in [0.1, 0.15) is 11.1 Å². The molecule has 106 valence electrons. The minimum Gasteiger partial charge on any atom is -0.505 e. The van der Waals surface area contributed by atoms with Gasteiger partial charge in [-0.25, -0.2) is 4.39 Å². The van der Waals surface area contributed by atoms with Crippen molar-refractivity contribution in [1.82, 2.24) is 5.32 Å². The third-order valence-electron chi connectivity index (χ3n) is 3.20. The number of phenols is 1. The molecule has 0 amide bonds. The summed E-state index contributed by atoms with van der Waals surface area (Å²) in [5, 5.41) is 22.1. The number of benzene rings is 2. The number of hydrogen-bond donors (Lipinski definition) is 3. The van der Waals surface area contributed by atoms with E-state index in [9.17, 15) is 14.6 Å². The molecule has 0 saturated heterocycles. The van der Waals surface area contributed by atoms with Gasteiger partial charge in [-0.05, 0) is 18.1 Å². The lowest BCUT2D eigenvalue weighted by Crippen LogP contribution is -2.34. The van der Waals surface area contributed by atoms with E-state index in [0.29, 0.717) is 18.5 Å². The first kappa shape index (κ1) is 14.5. The molecule has 0 saturated carbocycles. The van der Waals surface area contributed by atoms with Gasteiger partial charge in [0, 0.05) is 18.2 Å². The minimum absolute atomic E-state index is 0.0228. The fraction of sp³-hybridized carbons (Fsp3) is 0.250. The predicted molar refractivity (Wildman–Crippen MR) is 75.9 cm³/mol. The lowest BCUT2D eigenvalue weighted by molar-refractivity contribution is 0.240. The van der Waals surface area contributed by atoms with Crippen LogP contribution >= 0.6 is 0 Å². The topological polar surface area (TPSA) is 52.5 Å². The molecule has 0 fully saturated rings. The molecule has 0 bridgehead atoms. The van der Waals surface area contributed by atoms with E-state index < -0.39 is 5.82 Å². The Balaban J connectivity index is 1.95. The summed E-state index contributed by atoms with van der Waals surface area (Å²) >= 11 is 0. The Labute approximate surface area is 117 Å². The van der Waals surface area contributed by atoms with E-state index >= 15 is 0 Å². The van der Waals surface area contributed by atoms with Crippen LogP contribution in [0.25, 0.3) is 0 Å². The molecule has 0 unspecified atom stereocenters. The molecule has 0 spiro atoms. The number of aromatic hydroxyl groups is 1. The molecule has 3 N–H and O–H groups in total. The van der Waals surface area contributed by atoms with E-state index in [1.807, 2.05) is 30.3 Å². The molecule has 0 aliphatic rings. The molecule has 2 aromatic rings. The maximum Gasteiger partial charge on any atom is 0.165 e. The maximum atomic E-state index is 13.2. The molecule has 3 nitrogen and oxygen atoms in total. The zero-order chi connectivity index (χ0) is 14.4. The number of aliphatic hydroxyl groups is 1. The number of para-hydroxylation sites is 1. The van der Waals surface area contributed by atoms with Gasteiger partial charge < -0.3 is 15.5 Å². The first-order valence-electron chi connectivity index (χ1n) is 6.55. The number of aliphatic hydroxyl groups excluding tert-OH is 1. The largest absolute Gasteiger partial charge is 0.505 e. The van der Waals surface area contributed by atoms with Crippen LogP contribution < -0.4 is 5.32 Å². The van der Waals surface area contributed by atoms with Crippen molar-refractivity contribution in [1.29, 1.82) is 0 Å². The Morgan fingerprint density at radius 3 is 2.50 bits per heavy atom. The normalized spacial score (nSPS) is 12.3. The number of nitrogens with one attached hydrogen (secondary N) is 1. The smallest absolute Gasteiger partial charge is 0.165 e. The molecule has 20 heavy (non-hydrogen) atoms. The van der Waals surface area contributed by atoms with E-state index in [-0.39, 0.29) is 18.4 Å². The third kappa shape index (κ3) is 3.79. The van der Waals surface area contributed by atoms with Crippen molar-refractivity contribution in [2.75, 3.05) is 6.61 Å². The Morgan fingerprint density at radius 2 is 1.80 bits per heavy atom. The molecule has 0 aromatic heterocycles. The molecule has 4 heteroatoms. The van der Waals surface area contributed by atoms with E-state index in [0.717, 1.165) is 5.56 Å². The van der Waals surface area contributed by atoms with Crippen molar-refractivity contribution in [2.45, 2.75) is 19.0 Å². The summed E-state index contributed by atoms with van der Waals surface area (Å²) in [6, 6.07) is 14.1. The molecular weight excluding hydrogens is 257 g/mol. The summed E-state index contributed by atoms with van der Waals surface area (Å²) in [6.07, 6.45) is 0.674. The van der Waals surface area contributed by atoms with Crippen LogP contribution in [0, 0.1) is 5.82 Å². The minimum atomic E-state index is -0.632. The molecule has 0 heterocycles. The number of halogens is 1. The maximum absolute atomic E-state index is 13.2. The molecule has 2 aromatic carbocycles. The first-order chi connectivity index (χ1) is 9.70. The summed E-state index contributed by atoms with van der Waals surface area (Å²) in [6.45, 7) is 0.284. The lowest BCUT2D eigenvalue weighted by Gasteiger charge is -2.17. The van der Waals surface area contributed by atoms with Gasteiger partial charge in [-0.15, -0.1) is 0 Å². The van der Waals surface area contributed by atoms with Crippen LogP contribution in [0.3, 0.4) is 0 Å². The van der Waals surface area contributed by atoms with E-state index in [2.05, 4.69) is 5.32 Å². The van der Waals surface area contributed by atoms with Crippen molar-refractivity contribution >= 4 is 0 Å². The monoisotopic (exact) mass is 275 g/mol. The highest BCUT2D eigenvalue weighted by Gasteiger charge is 2.11. The molecule has 0 aliphatic carbocycles. The molecular formula is C16H18FNO2. The van der Waals surface area contributed by atoms with Crippen LogP contribution in [0.4, 0.5) is 4.39 Å². The first-order valence-corrected chi connectivity index (χ1v) is 6.55. The summed E-state index contributed by atoms with van der Waals surface area (Å²) in [7, 11) is 0. The highest BCUT2D eigenvalue weighted by atomic mass is 19.1. The summed E-state index contributed by atoms with van der Waals surface area (Å²) in [5.41, 5.74) is 1.60.